The Morgan fingerprint density at radius 2 is 1.86 bits per heavy atom. The van der Waals surface area contributed by atoms with Crippen molar-refractivity contribution >= 4 is 18.1 Å². The first-order valence-electron chi connectivity index (χ1n) is 6.97. The Morgan fingerprint density at radius 1 is 1.14 bits per heavy atom. The van der Waals surface area contributed by atoms with E-state index in [9.17, 15) is 9.59 Å². The predicted molar refractivity (Wildman–Crippen MR) is 81.4 cm³/mol. The Balaban J connectivity index is 1.58. The molecule has 5 heteroatoms. The lowest BCUT2D eigenvalue weighted by Gasteiger charge is -2.13. The molecule has 1 unspecified atom stereocenters. The number of carbonyl (C=O) groups excluding carboxylic acids is 2. The van der Waals surface area contributed by atoms with Crippen molar-refractivity contribution in [1.82, 2.24) is 0 Å². The van der Waals surface area contributed by atoms with Gasteiger partial charge in [-0.3, -0.25) is 9.69 Å². The van der Waals surface area contributed by atoms with Gasteiger partial charge < -0.3 is 9.47 Å². The Hall–Kier alpha value is -2.82. The van der Waals surface area contributed by atoms with E-state index in [0.29, 0.717) is 17.9 Å². The molecule has 1 fully saturated rings. The number of hydrogen-bond acceptors (Lipinski definition) is 4. The van der Waals surface area contributed by atoms with E-state index in [2.05, 4.69) is 0 Å². The molecule has 0 N–H and O–H groups in total. The first-order chi connectivity index (χ1) is 10.8. The molecule has 0 aromatic heterocycles. The number of nitrogens with zero attached hydrogens (tertiary/aromatic N) is 1. The zero-order valence-corrected chi connectivity index (χ0v) is 11.8. The van der Waals surface area contributed by atoms with E-state index in [1.54, 1.807) is 29.2 Å². The maximum Gasteiger partial charge on any atom is 0.414 e. The Morgan fingerprint density at radius 3 is 2.55 bits per heavy atom. The summed E-state index contributed by atoms with van der Waals surface area (Å²) in [4.78, 5) is 24.1. The number of amides is 1. The molecule has 1 saturated heterocycles. The highest BCUT2D eigenvalue weighted by molar-refractivity contribution is 5.89. The predicted octanol–water partition coefficient (Wildman–Crippen LogP) is 2.90. The highest BCUT2D eigenvalue weighted by Crippen LogP contribution is 2.21. The molecule has 2 aromatic rings. The molecule has 3 rings (SSSR count). The van der Waals surface area contributed by atoms with Crippen LogP contribution in [-0.2, 0) is 4.74 Å². The SMILES string of the molecule is O=Cc1ccc(OCC2CN(c3ccccc3)C(=O)O2)cc1. The van der Waals surface area contributed by atoms with Gasteiger partial charge in [0.05, 0.1) is 6.54 Å². The molecule has 0 saturated carbocycles. The van der Waals surface area contributed by atoms with Gasteiger partial charge in [-0.15, -0.1) is 0 Å². The average Bonchev–Trinajstić information content (AvgIpc) is 2.95. The van der Waals surface area contributed by atoms with E-state index in [0.717, 1.165) is 12.0 Å². The molecule has 1 aliphatic heterocycles. The van der Waals surface area contributed by atoms with Crippen molar-refractivity contribution < 1.29 is 19.1 Å². The lowest BCUT2D eigenvalue weighted by atomic mass is 10.2. The van der Waals surface area contributed by atoms with Crippen LogP contribution in [-0.4, -0.2) is 31.6 Å². The normalized spacial score (nSPS) is 17.2. The van der Waals surface area contributed by atoms with Gasteiger partial charge in [0.1, 0.15) is 18.6 Å². The molecule has 0 spiro atoms. The molecule has 1 aliphatic rings. The van der Waals surface area contributed by atoms with Gasteiger partial charge in [-0.05, 0) is 36.4 Å². The van der Waals surface area contributed by atoms with E-state index in [-0.39, 0.29) is 18.8 Å². The molecule has 0 bridgehead atoms. The van der Waals surface area contributed by atoms with E-state index < -0.39 is 0 Å². The Bertz CT molecular complexity index is 654. The number of rotatable bonds is 5. The fourth-order valence-electron chi connectivity index (χ4n) is 2.26. The number of ether oxygens (including phenoxy) is 2. The number of benzene rings is 2. The number of aldehydes is 1. The number of anilines is 1. The van der Waals surface area contributed by atoms with Crippen LogP contribution in [0.1, 0.15) is 10.4 Å². The third-order valence-corrected chi connectivity index (χ3v) is 3.39. The quantitative estimate of drug-likeness (QED) is 0.796. The van der Waals surface area contributed by atoms with E-state index >= 15 is 0 Å². The molecule has 1 heterocycles. The van der Waals surface area contributed by atoms with E-state index in [1.165, 1.54) is 0 Å². The first kappa shape index (κ1) is 14.1. The van der Waals surface area contributed by atoms with Crippen LogP contribution >= 0.6 is 0 Å². The van der Waals surface area contributed by atoms with Gasteiger partial charge in [0, 0.05) is 11.3 Å². The van der Waals surface area contributed by atoms with E-state index in [4.69, 9.17) is 9.47 Å². The van der Waals surface area contributed by atoms with Crippen molar-refractivity contribution in [1.29, 1.82) is 0 Å². The molecule has 1 amide bonds. The van der Waals surface area contributed by atoms with Gasteiger partial charge in [-0.2, -0.15) is 0 Å². The molecule has 0 radical (unpaired) electrons. The molecule has 0 aliphatic carbocycles. The largest absolute Gasteiger partial charge is 0.490 e. The molecular weight excluding hydrogens is 282 g/mol. The smallest absolute Gasteiger partial charge is 0.414 e. The van der Waals surface area contributed by atoms with Crippen molar-refractivity contribution in [2.75, 3.05) is 18.1 Å². The number of para-hydroxylation sites is 1. The van der Waals surface area contributed by atoms with Crippen LogP contribution in [0.25, 0.3) is 0 Å². The topological polar surface area (TPSA) is 55.8 Å². The maximum absolute atomic E-state index is 11.9. The van der Waals surface area contributed by atoms with Crippen molar-refractivity contribution in [2.45, 2.75) is 6.10 Å². The second kappa shape index (κ2) is 6.30. The van der Waals surface area contributed by atoms with Gasteiger partial charge in [0.2, 0.25) is 0 Å². The van der Waals surface area contributed by atoms with Gasteiger partial charge in [0.25, 0.3) is 0 Å². The summed E-state index contributed by atoms with van der Waals surface area (Å²) in [6.45, 7) is 0.727. The number of hydrogen-bond donors (Lipinski definition) is 0. The Kier molecular flexibility index (Phi) is 4.05. The summed E-state index contributed by atoms with van der Waals surface area (Å²) >= 11 is 0. The molecular formula is C17H15NO4. The Labute approximate surface area is 128 Å². The van der Waals surface area contributed by atoms with Crippen LogP contribution in [0.3, 0.4) is 0 Å². The summed E-state index contributed by atoms with van der Waals surface area (Å²) in [5.41, 5.74) is 1.40. The van der Waals surface area contributed by atoms with Crippen molar-refractivity contribution in [2.24, 2.45) is 0 Å². The summed E-state index contributed by atoms with van der Waals surface area (Å²) in [6.07, 6.45) is 0.0924. The fraction of sp³-hybridized carbons (Fsp3) is 0.176. The number of cyclic esters (lactones) is 1. The van der Waals surface area contributed by atoms with Crippen LogP contribution in [0.5, 0.6) is 5.75 Å². The molecule has 5 nitrogen and oxygen atoms in total. The summed E-state index contributed by atoms with van der Waals surface area (Å²) in [7, 11) is 0. The monoisotopic (exact) mass is 297 g/mol. The third-order valence-electron chi connectivity index (χ3n) is 3.39. The summed E-state index contributed by atoms with van der Waals surface area (Å²) in [5, 5.41) is 0. The third kappa shape index (κ3) is 3.09. The molecule has 1 atom stereocenters. The van der Waals surface area contributed by atoms with Crippen LogP contribution < -0.4 is 9.64 Å². The van der Waals surface area contributed by atoms with Crippen LogP contribution in [0.4, 0.5) is 10.5 Å². The van der Waals surface area contributed by atoms with E-state index in [1.807, 2.05) is 30.3 Å². The lowest BCUT2D eigenvalue weighted by molar-refractivity contribution is 0.105. The van der Waals surface area contributed by atoms with Crippen LogP contribution in [0, 0.1) is 0 Å². The molecule has 112 valence electrons. The van der Waals surface area contributed by atoms with Crippen LogP contribution in [0.2, 0.25) is 0 Å². The standard InChI is InChI=1S/C17H15NO4/c19-11-13-6-8-15(9-7-13)21-12-16-10-18(17(20)22-16)14-4-2-1-3-5-14/h1-9,11,16H,10,12H2. The minimum atomic E-state index is -0.365. The maximum atomic E-state index is 11.9. The summed E-state index contributed by atoms with van der Waals surface area (Å²) < 4.78 is 10.9. The lowest BCUT2D eigenvalue weighted by Crippen LogP contribution is -2.26. The highest BCUT2D eigenvalue weighted by atomic mass is 16.6. The van der Waals surface area contributed by atoms with Gasteiger partial charge in [-0.25, -0.2) is 4.79 Å². The fourth-order valence-corrected chi connectivity index (χ4v) is 2.26. The summed E-state index contributed by atoms with van der Waals surface area (Å²) in [5.74, 6) is 0.639. The second-order valence-corrected chi connectivity index (χ2v) is 4.95. The van der Waals surface area contributed by atoms with Crippen molar-refractivity contribution in [3.05, 3.63) is 60.2 Å². The van der Waals surface area contributed by atoms with Gasteiger partial charge in [0.15, 0.2) is 6.10 Å². The highest BCUT2D eigenvalue weighted by Gasteiger charge is 2.32. The first-order valence-corrected chi connectivity index (χ1v) is 6.97. The van der Waals surface area contributed by atoms with Gasteiger partial charge in [-0.1, -0.05) is 18.2 Å². The average molecular weight is 297 g/mol. The second-order valence-electron chi connectivity index (χ2n) is 4.95. The number of carbonyl (C=O) groups is 2. The van der Waals surface area contributed by atoms with Gasteiger partial charge >= 0.3 is 6.09 Å². The zero-order chi connectivity index (χ0) is 15.4. The molecule has 22 heavy (non-hydrogen) atoms. The van der Waals surface area contributed by atoms with Crippen molar-refractivity contribution in [3.8, 4) is 5.75 Å². The minimum absolute atomic E-state index is 0.273. The van der Waals surface area contributed by atoms with Crippen LogP contribution in [0.15, 0.2) is 54.6 Å². The summed E-state index contributed by atoms with van der Waals surface area (Å²) in [6, 6.07) is 16.2. The molecule has 2 aromatic carbocycles. The minimum Gasteiger partial charge on any atom is -0.490 e. The van der Waals surface area contributed by atoms with Crippen molar-refractivity contribution in [3.63, 3.8) is 0 Å². The zero-order valence-electron chi connectivity index (χ0n) is 11.8.